The normalized spacial score (nSPS) is 12.0. The molecular weight excluding hydrogens is 366 g/mol. The van der Waals surface area contributed by atoms with Crippen molar-refractivity contribution in [2.75, 3.05) is 0 Å². The van der Waals surface area contributed by atoms with Crippen LogP contribution >= 0.6 is 0 Å². The lowest BCUT2D eigenvalue weighted by atomic mass is 10.1. The number of fused-ring (bicyclic) bond motifs is 3. The van der Waals surface area contributed by atoms with Crippen molar-refractivity contribution in [2.24, 2.45) is 13.0 Å². The average Bonchev–Trinajstić information content (AvgIpc) is 3.16. The largest absolute Gasteiger partial charge is 0.332 e. The van der Waals surface area contributed by atoms with Gasteiger partial charge in [-0.2, -0.15) is 4.98 Å². The molecular formula is C22H27N5O2. The number of aromatic nitrogens is 5. The van der Waals surface area contributed by atoms with Crippen LogP contribution in [-0.4, -0.2) is 23.1 Å². The zero-order chi connectivity index (χ0) is 21.2. The SMILES string of the molecule is Cc1cccc(-n2c(C)c(C)n3c4c(=O)n(CC(C)C)c(=O)n(C)c4nc23)c1C. The van der Waals surface area contributed by atoms with Crippen LogP contribution in [0.5, 0.6) is 0 Å². The molecule has 0 unspecified atom stereocenters. The van der Waals surface area contributed by atoms with Crippen molar-refractivity contribution in [3.05, 3.63) is 61.6 Å². The number of imidazole rings is 2. The molecule has 152 valence electrons. The van der Waals surface area contributed by atoms with Gasteiger partial charge in [-0.3, -0.25) is 22.9 Å². The van der Waals surface area contributed by atoms with Gasteiger partial charge in [0.15, 0.2) is 11.2 Å². The first-order valence-corrected chi connectivity index (χ1v) is 9.91. The van der Waals surface area contributed by atoms with Gasteiger partial charge in [-0.05, 0) is 50.8 Å². The Morgan fingerprint density at radius 3 is 2.38 bits per heavy atom. The van der Waals surface area contributed by atoms with Gasteiger partial charge in [-0.1, -0.05) is 26.0 Å². The van der Waals surface area contributed by atoms with E-state index in [-0.39, 0.29) is 17.2 Å². The third-order valence-electron chi connectivity index (χ3n) is 5.88. The highest BCUT2D eigenvalue weighted by molar-refractivity contribution is 5.77. The Kier molecular flexibility index (Phi) is 4.29. The van der Waals surface area contributed by atoms with E-state index in [1.807, 2.05) is 38.2 Å². The molecule has 1 aromatic carbocycles. The van der Waals surface area contributed by atoms with Crippen LogP contribution in [0.15, 0.2) is 27.8 Å². The molecule has 0 radical (unpaired) electrons. The van der Waals surface area contributed by atoms with Crippen LogP contribution in [0.4, 0.5) is 0 Å². The maximum Gasteiger partial charge on any atom is 0.332 e. The fraction of sp³-hybridized carbons (Fsp3) is 0.409. The van der Waals surface area contributed by atoms with Gasteiger partial charge in [-0.25, -0.2) is 4.79 Å². The summed E-state index contributed by atoms with van der Waals surface area (Å²) in [4.78, 5) is 30.9. The number of hydrogen-bond acceptors (Lipinski definition) is 3. The van der Waals surface area contributed by atoms with Gasteiger partial charge in [0.2, 0.25) is 5.78 Å². The molecule has 0 amide bonds. The molecule has 29 heavy (non-hydrogen) atoms. The predicted molar refractivity (Wildman–Crippen MR) is 115 cm³/mol. The van der Waals surface area contributed by atoms with E-state index >= 15 is 0 Å². The fourth-order valence-corrected chi connectivity index (χ4v) is 4.04. The third-order valence-corrected chi connectivity index (χ3v) is 5.88. The Morgan fingerprint density at radius 2 is 1.72 bits per heavy atom. The predicted octanol–water partition coefficient (Wildman–Crippen LogP) is 3.03. The van der Waals surface area contributed by atoms with E-state index < -0.39 is 0 Å². The molecule has 3 heterocycles. The van der Waals surface area contributed by atoms with Crippen molar-refractivity contribution >= 4 is 16.9 Å². The van der Waals surface area contributed by atoms with Crippen molar-refractivity contribution in [1.29, 1.82) is 0 Å². The molecule has 0 saturated heterocycles. The van der Waals surface area contributed by atoms with Crippen molar-refractivity contribution in [3.63, 3.8) is 0 Å². The Morgan fingerprint density at radius 1 is 1.03 bits per heavy atom. The Labute approximate surface area is 168 Å². The van der Waals surface area contributed by atoms with Gasteiger partial charge in [0.05, 0.1) is 5.69 Å². The molecule has 0 aliphatic carbocycles. The zero-order valence-corrected chi connectivity index (χ0v) is 18.1. The number of aryl methyl sites for hydroxylation is 3. The molecule has 0 saturated carbocycles. The first kappa shape index (κ1) is 19.2. The smallest absolute Gasteiger partial charge is 0.282 e. The monoisotopic (exact) mass is 393 g/mol. The summed E-state index contributed by atoms with van der Waals surface area (Å²) in [5.74, 6) is 0.835. The average molecular weight is 393 g/mol. The molecule has 7 heteroatoms. The van der Waals surface area contributed by atoms with Gasteiger partial charge in [0.1, 0.15) is 0 Å². The molecule has 0 fully saturated rings. The summed E-state index contributed by atoms with van der Waals surface area (Å²) in [6.45, 7) is 12.6. The number of hydrogen-bond donors (Lipinski definition) is 0. The van der Waals surface area contributed by atoms with Crippen LogP contribution < -0.4 is 11.2 Å². The number of nitrogens with zero attached hydrogens (tertiary/aromatic N) is 5. The van der Waals surface area contributed by atoms with Crippen LogP contribution in [0, 0.1) is 33.6 Å². The van der Waals surface area contributed by atoms with Crippen LogP contribution in [0.3, 0.4) is 0 Å². The van der Waals surface area contributed by atoms with E-state index in [9.17, 15) is 9.59 Å². The molecule has 0 atom stereocenters. The maximum absolute atomic E-state index is 13.3. The Bertz CT molecular complexity index is 1400. The quantitative estimate of drug-likeness (QED) is 0.537. The van der Waals surface area contributed by atoms with Crippen LogP contribution in [0.1, 0.15) is 36.4 Å². The molecule has 0 aliphatic rings. The molecule has 0 bridgehead atoms. The van der Waals surface area contributed by atoms with E-state index in [2.05, 4.69) is 30.5 Å². The third kappa shape index (κ3) is 2.60. The summed E-state index contributed by atoms with van der Waals surface area (Å²) < 4.78 is 6.78. The van der Waals surface area contributed by atoms with Gasteiger partial charge >= 0.3 is 5.69 Å². The number of benzene rings is 1. The highest BCUT2D eigenvalue weighted by Gasteiger charge is 2.24. The number of rotatable bonds is 3. The molecule has 4 aromatic rings. The van der Waals surface area contributed by atoms with Gasteiger partial charge in [-0.15, -0.1) is 0 Å². The van der Waals surface area contributed by atoms with Crippen molar-refractivity contribution in [1.82, 2.24) is 23.1 Å². The lowest BCUT2D eigenvalue weighted by Crippen LogP contribution is -2.40. The van der Waals surface area contributed by atoms with Crippen LogP contribution in [0.25, 0.3) is 22.6 Å². The van der Waals surface area contributed by atoms with Crippen LogP contribution in [-0.2, 0) is 13.6 Å². The molecule has 7 nitrogen and oxygen atoms in total. The summed E-state index contributed by atoms with van der Waals surface area (Å²) in [7, 11) is 1.68. The Balaban J connectivity index is 2.20. The molecule has 3 aromatic heterocycles. The van der Waals surface area contributed by atoms with Gasteiger partial charge in [0.25, 0.3) is 5.56 Å². The fourth-order valence-electron chi connectivity index (χ4n) is 4.04. The van der Waals surface area contributed by atoms with Gasteiger partial charge in [0, 0.05) is 25.0 Å². The molecule has 0 spiro atoms. The van der Waals surface area contributed by atoms with Crippen molar-refractivity contribution in [3.8, 4) is 5.69 Å². The lowest BCUT2D eigenvalue weighted by molar-refractivity contribution is 0.484. The highest BCUT2D eigenvalue weighted by atomic mass is 16.2. The summed E-state index contributed by atoms with van der Waals surface area (Å²) in [5, 5.41) is 0. The van der Waals surface area contributed by atoms with Crippen molar-refractivity contribution in [2.45, 2.75) is 48.1 Å². The van der Waals surface area contributed by atoms with E-state index in [1.165, 1.54) is 14.7 Å². The highest BCUT2D eigenvalue weighted by Crippen LogP contribution is 2.27. The van der Waals surface area contributed by atoms with E-state index in [0.717, 1.165) is 22.6 Å². The first-order valence-electron chi connectivity index (χ1n) is 9.91. The minimum atomic E-state index is -0.329. The van der Waals surface area contributed by atoms with Gasteiger partial charge < -0.3 is 0 Å². The minimum Gasteiger partial charge on any atom is -0.282 e. The minimum absolute atomic E-state index is 0.184. The van der Waals surface area contributed by atoms with Crippen molar-refractivity contribution < 1.29 is 0 Å². The summed E-state index contributed by atoms with van der Waals surface area (Å²) in [6.07, 6.45) is 0. The second-order valence-corrected chi connectivity index (χ2v) is 8.30. The lowest BCUT2D eigenvalue weighted by Gasteiger charge is -2.12. The standard InChI is InChI=1S/C22H27N5O2/c1-12(2)11-25-20(28)18-19(24(7)22(25)29)23-21-26(15(5)16(6)27(18)21)17-10-8-9-13(3)14(17)4/h8-10,12H,11H2,1-7H3. The second-order valence-electron chi connectivity index (χ2n) is 8.30. The second kappa shape index (κ2) is 6.47. The first-order chi connectivity index (χ1) is 13.6. The summed E-state index contributed by atoms with van der Waals surface area (Å²) >= 11 is 0. The van der Waals surface area contributed by atoms with E-state index in [4.69, 9.17) is 4.98 Å². The molecule has 4 rings (SSSR count). The topological polar surface area (TPSA) is 66.2 Å². The van der Waals surface area contributed by atoms with Crippen LogP contribution in [0.2, 0.25) is 0 Å². The summed E-state index contributed by atoms with van der Waals surface area (Å²) in [6, 6.07) is 6.17. The van der Waals surface area contributed by atoms with E-state index in [0.29, 0.717) is 23.5 Å². The Hall–Kier alpha value is -3.09. The summed E-state index contributed by atoms with van der Waals surface area (Å²) in [5.41, 5.74) is 5.59. The zero-order valence-electron chi connectivity index (χ0n) is 18.1. The maximum atomic E-state index is 13.3. The van der Waals surface area contributed by atoms with E-state index in [1.54, 1.807) is 7.05 Å². The molecule has 0 N–H and O–H groups in total. The molecule has 0 aliphatic heterocycles.